The summed E-state index contributed by atoms with van der Waals surface area (Å²) in [7, 11) is 0. The van der Waals surface area contributed by atoms with E-state index in [4.69, 9.17) is 5.41 Å². The standard InChI is InChI=1S/C23H23N7O4/c24-20-16-12-26-22(27-15-5-4-13-6-7-25-11-14(13)10-15)28-21(16)29(8-9-31)23(34)30(20)19-17(32)2-1-3-18(19)33/h1-5,10,12,24-25,31-33H,6-9,11H2,(H,26,27,28). The van der Waals surface area contributed by atoms with E-state index in [-0.39, 0.29) is 52.8 Å². The number of benzene rings is 2. The second kappa shape index (κ2) is 8.61. The molecule has 0 amide bonds. The van der Waals surface area contributed by atoms with Crippen LogP contribution in [0.3, 0.4) is 0 Å². The summed E-state index contributed by atoms with van der Waals surface area (Å²) in [6, 6.07) is 10.0. The average Bonchev–Trinajstić information content (AvgIpc) is 2.83. The maximum Gasteiger partial charge on any atom is 0.336 e. The first-order valence-corrected chi connectivity index (χ1v) is 10.8. The molecule has 0 spiro atoms. The first-order valence-electron chi connectivity index (χ1n) is 10.8. The number of phenolic OH excluding ortho intramolecular Hbond substituents is 2. The molecule has 34 heavy (non-hydrogen) atoms. The van der Waals surface area contributed by atoms with Crippen molar-refractivity contribution in [3.05, 3.63) is 69.7 Å². The number of aliphatic hydroxyl groups is 1. The molecule has 0 saturated heterocycles. The Morgan fingerprint density at radius 1 is 1.15 bits per heavy atom. The van der Waals surface area contributed by atoms with Crippen molar-refractivity contribution in [1.82, 2.24) is 24.4 Å². The zero-order valence-corrected chi connectivity index (χ0v) is 18.1. The van der Waals surface area contributed by atoms with E-state index in [0.29, 0.717) is 0 Å². The highest BCUT2D eigenvalue weighted by atomic mass is 16.3. The maximum absolute atomic E-state index is 13.3. The van der Waals surface area contributed by atoms with E-state index < -0.39 is 5.69 Å². The van der Waals surface area contributed by atoms with Crippen LogP contribution in [0.15, 0.2) is 47.4 Å². The van der Waals surface area contributed by atoms with Crippen LogP contribution >= 0.6 is 0 Å². The summed E-state index contributed by atoms with van der Waals surface area (Å²) in [5, 5.41) is 45.4. The fourth-order valence-electron chi connectivity index (χ4n) is 4.18. The van der Waals surface area contributed by atoms with Gasteiger partial charge in [-0.25, -0.2) is 14.3 Å². The molecule has 0 atom stereocenters. The van der Waals surface area contributed by atoms with E-state index >= 15 is 0 Å². The number of anilines is 2. The molecule has 174 valence electrons. The highest BCUT2D eigenvalue weighted by Gasteiger charge is 2.19. The number of rotatable bonds is 5. The highest BCUT2D eigenvalue weighted by molar-refractivity contribution is 5.75. The first-order chi connectivity index (χ1) is 16.5. The van der Waals surface area contributed by atoms with Gasteiger partial charge in [0.25, 0.3) is 0 Å². The molecule has 6 N–H and O–H groups in total. The van der Waals surface area contributed by atoms with Crippen LogP contribution in [0, 0.1) is 5.41 Å². The smallest absolute Gasteiger partial charge is 0.336 e. The van der Waals surface area contributed by atoms with Gasteiger partial charge in [0.05, 0.1) is 18.5 Å². The molecule has 0 unspecified atom stereocenters. The van der Waals surface area contributed by atoms with Crippen molar-refractivity contribution < 1.29 is 15.3 Å². The predicted molar refractivity (Wildman–Crippen MR) is 125 cm³/mol. The van der Waals surface area contributed by atoms with Gasteiger partial charge in [0.2, 0.25) is 5.95 Å². The van der Waals surface area contributed by atoms with Gasteiger partial charge in [0, 0.05) is 18.4 Å². The Morgan fingerprint density at radius 2 is 1.94 bits per heavy atom. The van der Waals surface area contributed by atoms with Crippen LogP contribution < -0.4 is 21.8 Å². The molecule has 3 heterocycles. The summed E-state index contributed by atoms with van der Waals surface area (Å²) in [5.74, 6) is -0.511. The second-order valence-electron chi connectivity index (χ2n) is 7.95. The number of fused-ring (bicyclic) bond motifs is 2. The molecule has 0 radical (unpaired) electrons. The van der Waals surface area contributed by atoms with Crippen LogP contribution in [0.4, 0.5) is 11.6 Å². The van der Waals surface area contributed by atoms with Gasteiger partial charge >= 0.3 is 5.69 Å². The lowest BCUT2D eigenvalue weighted by molar-refractivity contribution is 0.274. The summed E-state index contributed by atoms with van der Waals surface area (Å²) < 4.78 is 2.05. The molecule has 11 nitrogen and oxygen atoms in total. The van der Waals surface area contributed by atoms with Crippen LogP contribution in [0.1, 0.15) is 11.1 Å². The van der Waals surface area contributed by atoms with Gasteiger partial charge in [-0.2, -0.15) is 4.98 Å². The Kier molecular flexibility index (Phi) is 5.48. The van der Waals surface area contributed by atoms with Crippen LogP contribution in [-0.4, -0.2) is 47.6 Å². The molecule has 1 aliphatic rings. The van der Waals surface area contributed by atoms with Crippen molar-refractivity contribution in [2.45, 2.75) is 19.5 Å². The highest BCUT2D eigenvalue weighted by Crippen LogP contribution is 2.29. The van der Waals surface area contributed by atoms with Gasteiger partial charge in [-0.1, -0.05) is 12.1 Å². The number of phenols is 2. The number of hydrogen-bond acceptors (Lipinski definition) is 9. The number of aromatic nitrogens is 4. The summed E-state index contributed by atoms with van der Waals surface area (Å²) in [5.41, 5.74) is 2.13. The van der Waals surface area contributed by atoms with E-state index in [9.17, 15) is 20.1 Å². The largest absolute Gasteiger partial charge is 0.506 e. The molecule has 4 aromatic rings. The Hall–Kier alpha value is -4.22. The van der Waals surface area contributed by atoms with Crippen molar-refractivity contribution in [1.29, 1.82) is 5.41 Å². The van der Waals surface area contributed by atoms with E-state index in [0.717, 1.165) is 29.8 Å². The van der Waals surface area contributed by atoms with Crippen molar-refractivity contribution in [3.63, 3.8) is 0 Å². The lowest BCUT2D eigenvalue weighted by atomic mass is 10.0. The third-order valence-electron chi connectivity index (χ3n) is 5.81. The number of hydrogen-bond donors (Lipinski definition) is 6. The van der Waals surface area contributed by atoms with Crippen molar-refractivity contribution in [2.24, 2.45) is 0 Å². The van der Waals surface area contributed by atoms with Gasteiger partial charge in [0.15, 0.2) is 5.65 Å². The molecule has 0 saturated carbocycles. The molecule has 0 fully saturated rings. The van der Waals surface area contributed by atoms with E-state index in [1.165, 1.54) is 40.1 Å². The van der Waals surface area contributed by atoms with Crippen LogP contribution in [0.2, 0.25) is 0 Å². The van der Waals surface area contributed by atoms with Crippen molar-refractivity contribution in [2.75, 3.05) is 18.5 Å². The van der Waals surface area contributed by atoms with Crippen LogP contribution in [0.5, 0.6) is 11.5 Å². The minimum Gasteiger partial charge on any atom is -0.506 e. The Morgan fingerprint density at radius 3 is 2.71 bits per heavy atom. The Labute approximate surface area is 193 Å². The number of para-hydroxylation sites is 1. The molecule has 0 aliphatic carbocycles. The number of aliphatic hydroxyl groups excluding tert-OH is 1. The minimum atomic E-state index is -0.743. The zero-order valence-electron chi connectivity index (χ0n) is 18.1. The third kappa shape index (κ3) is 3.66. The van der Waals surface area contributed by atoms with Gasteiger partial charge in [-0.05, 0) is 48.4 Å². The monoisotopic (exact) mass is 461 g/mol. The quantitative estimate of drug-likeness (QED) is 0.255. The molecule has 0 bridgehead atoms. The third-order valence-corrected chi connectivity index (χ3v) is 5.81. The fraction of sp³-hybridized carbons (Fsp3) is 0.217. The van der Waals surface area contributed by atoms with Gasteiger partial charge < -0.3 is 26.0 Å². The molecule has 11 heteroatoms. The molecule has 1 aliphatic heterocycles. The molecule has 2 aromatic carbocycles. The molecular weight excluding hydrogens is 438 g/mol. The van der Waals surface area contributed by atoms with E-state index in [1.807, 2.05) is 12.1 Å². The molecular formula is C23H23N7O4. The maximum atomic E-state index is 13.3. The normalized spacial score (nSPS) is 13.1. The lowest BCUT2D eigenvalue weighted by Gasteiger charge is -2.18. The van der Waals surface area contributed by atoms with Gasteiger partial charge in [-0.3, -0.25) is 9.98 Å². The number of nitrogens with zero attached hydrogens (tertiary/aromatic N) is 4. The van der Waals surface area contributed by atoms with Crippen molar-refractivity contribution in [3.8, 4) is 17.2 Å². The van der Waals surface area contributed by atoms with Gasteiger partial charge in [-0.15, -0.1) is 0 Å². The summed E-state index contributed by atoms with van der Waals surface area (Å²) >= 11 is 0. The summed E-state index contributed by atoms with van der Waals surface area (Å²) in [6.07, 6.45) is 2.36. The lowest BCUT2D eigenvalue weighted by Crippen LogP contribution is -2.40. The first kappa shape index (κ1) is 21.6. The summed E-state index contributed by atoms with van der Waals surface area (Å²) in [4.78, 5) is 22.1. The second-order valence-corrected chi connectivity index (χ2v) is 7.95. The van der Waals surface area contributed by atoms with Crippen LogP contribution in [-0.2, 0) is 19.5 Å². The van der Waals surface area contributed by atoms with Crippen molar-refractivity contribution >= 4 is 22.7 Å². The zero-order chi connectivity index (χ0) is 23.8. The SMILES string of the molecule is N=c1c2cnc(Nc3ccc4c(c3)CNCC4)nc2n(CCO)c(=O)n1-c1c(O)cccc1O. The fourth-order valence-corrected chi connectivity index (χ4v) is 4.18. The Balaban J connectivity index is 1.65. The van der Waals surface area contributed by atoms with E-state index in [1.54, 1.807) is 0 Å². The number of aromatic hydroxyl groups is 2. The average molecular weight is 461 g/mol. The van der Waals surface area contributed by atoms with Crippen LogP contribution in [0.25, 0.3) is 16.7 Å². The Bertz CT molecular complexity index is 1510. The van der Waals surface area contributed by atoms with Gasteiger partial charge in [0.1, 0.15) is 22.7 Å². The van der Waals surface area contributed by atoms with E-state index in [2.05, 4.69) is 26.7 Å². The molecule has 2 aromatic heterocycles. The number of nitrogens with one attached hydrogen (secondary N) is 3. The summed E-state index contributed by atoms with van der Waals surface area (Å²) in [6.45, 7) is 1.26. The topological polar surface area (TPSA) is 161 Å². The predicted octanol–water partition coefficient (Wildman–Crippen LogP) is 0.854. The molecule has 5 rings (SSSR count). The minimum absolute atomic E-state index is 0.106.